The van der Waals surface area contributed by atoms with E-state index in [1.807, 2.05) is 31.2 Å². The van der Waals surface area contributed by atoms with Crippen LogP contribution in [0.5, 0.6) is 0 Å². The summed E-state index contributed by atoms with van der Waals surface area (Å²) in [7, 11) is 0. The monoisotopic (exact) mass is 475 g/mol. The first-order chi connectivity index (χ1) is 16.9. The van der Waals surface area contributed by atoms with Gasteiger partial charge in [-0.25, -0.2) is 0 Å². The molecule has 0 radical (unpaired) electrons. The molecule has 0 aromatic heterocycles. The van der Waals surface area contributed by atoms with Gasteiger partial charge in [0.05, 0.1) is 6.10 Å². The second-order valence-electron chi connectivity index (χ2n) is 10.1. The normalized spacial score (nSPS) is 27.5. The van der Waals surface area contributed by atoms with Gasteiger partial charge < -0.3 is 20.1 Å². The average Bonchev–Trinajstić information content (AvgIpc) is 2.89. The number of piperidine rings is 1. The van der Waals surface area contributed by atoms with Gasteiger partial charge in [0, 0.05) is 31.2 Å². The van der Waals surface area contributed by atoms with Crippen LogP contribution in [-0.2, 0) is 9.53 Å². The maximum atomic E-state index is 12.8. The molecule has 186 valence electrons. The van der Waals surface area contributed by atoms with Crippen LogP contribution in [0.3, 0.4) is 0 Å². The Morgan fingerprint density at radius 3 is 2.57 bits per heavy atom. The van der Waals surface area contributed by atoms with Crippen molar-refractivity contribution in [1.82, 2.24) is 5.32 Å². The van der Waals surface area contributed by atoms with E-state index in [1.54, 1.807) is 6.08 Å². The lowest BCUT2D eigenvalue weighted by Crippen LogP contribution is -2.50. The molecule has 2 N–H and O–H groups in total. The second-order valence-corrected chi connectivity index (χ2v) is 10.1. The van der Waals surface area contributed by atoms with Gasteiger partial charge in [-0.1, -0.05) is 45.4 Å². The van der Waals surface area contributed by atoms with E-state index in [-0.39, 0.29) is 30.1 Å². The van der Waals surface area contributed by atoms with Crippen LogP contribution in [0.15, 0.2) is 42.0 Å². The van der Waals surface area contributed by atoms with Crippen molar-refractivity contribution in [3.05, 3.63) is 47.5 Å². The number of carbonyl (C=O) groups is 1. The summed E-state index contributed by atoms with van der Waals surface area (Å²) in [5.41, 5.74) is 2.12. The zero-order chi connectivity index (χ0) is 24.9. The van der Waals surface area contributed by atoms with Crippen molar-refractivity contribution in [2.75, 3.05) is 24.5 Å². The number of nitrogens with one attached hydrogen (secondary N) is 1. The molecule has 2 saturated heterocycles. The molecule has 6 heteroatoms. The Morgan fingerprint density at radius 2 is 1.86 bits per heavy atom. The second kappa shape index (κ2) is 11.2. The number of aliphatic hydroxyl groups excluding tert-OH is 1. The summed E-state index contributed by atoms with van der Waals surface area (Å²) in [5, 5.41) is 25.0. The molecule has 2 heterocycles. The van der Waals surface area contributed by atoms with Gasteiger partial charge in [0.2, 0.25) is 0 Å². The van der Waals surface area contributed by atoms with Gasteiger partial charge in [0.25, 0.3) is 5.91 Å². The molecule has 4 unspecified atom stereocenters. The van der Waals surface area contributed by atoms with Crippen LogP contribution in [0.25, 0.3) is 16.8 Å². The summed E-state index contributed by atoms with van der Waals surface area (Å²) in [6.45, 7) is 8.68. The lowest BCUT2D eigenvalue weighted by atomic mass is 9.76. The van der Waals surface area contributed by atoms with Crippen LogP contribution in [0.4, 0.5) is 5.69 Å². The van der Waals surface area contributed by atoms with Crippen molar-refractivity contribution in [3.8, 4) is 6.07 Å². The molecule has 2 aromatic carbocycles. The maximum Gasteiger partial charge on any atom is 0.262 e. The minimum absolute atomic E-state index is 0.0544. The predicted octanol–water partition coefficient (Wildman–Crippen LogP) is 4.87. The van der Waals surface area contributed by atoms with E-state index in [2.05, 4.69) is 42.3 Å². The lowest BCUT2D eigenvalue weighted by molar-refractivity contribution is -0.225. The number of nitriles is 1. The number of hydrogen-bond donors (Lipinski definition) is 2. The first-order valence-corrected chi connectivity index (χ1v) is 12.9. The minimum atomic E-state index is -0.836. The van der Waals surface area contributed by atoms with Gasteiger partial charge in [-0.2, -0.15) is 5.26 Å². The van der Waals surface area contributed by atoms with Crippen molar-refractivity contribution in [2.45, 2.75) is 58.8 Å². The van der Waals surface area contributed by atoms with E-state index in [9.17, 15) is 15.2 Å². The molecule has 2 aliphatic heterocycles. The molecule has 0 bridgehead atoms. The number of benzene rings is 2. The number of nitrogens with zero attached hydrogens (tertiary/aromatic N) is 2. The molecule has 2 fully saturated rings. The van der Waals surface area contributed by atoms with Gasteiger partial charge in [-0.15, -0.1) is 0 Å². The molecular weight excluding hydrogens is 438 g/mol. The fourth-order valence-corrected chi connectivity index (χ4v) is 5.66. The number of fused-ring (bicyclic) bond motifs is 1. The molecule has 2 aromatic rings. The smallest absolute Gasteiger partial charge is 0.262 e. The number of hydrogen-bond acceptors (Lipinski definition) is 5. The van der Waals surface area contributed by atoms with Crippen LogP contribution < -0.4 is 10.2 Å². The SMILES string of the molecule is CCC1C(C)C(O)O[C@H](CNC(=O)/C(C#N)=C/c2ccc3cc(N4CCCCC4)ccc3c2)C1C. The van der Waals surface area contributed by atoms with Crippen molar-refractivity contribution in [2.24, 2.45) is 17.8 Å². The molecule has 1 amide bonds. The Bertz CT molecular complexity index is 1120. The van der Waals surface area contributed by atoms with E-state index in [0.29, 0.717) is 5.92 Å². The van der Waals surface area contributed by atoms with Crippen molar-refractivity contribution in [1.29, 1.82) is 5.26 Å². The highest BCUT2D eigenvalue weighted by Crippen LogP contribution is 2.36. The largest absolute Gasteiger partial charge is 0.372 e. The Labute approximate surface area is 208 Å². The van der Waals surface area contributed by atoms with Crippen molar-refractivity contribution < 1.29 is 14.6 Å². The summed E-state index contributed by atoms with van der Waals surface area (Å²) in [4.78, 5) is 15.2. The standard InChI is InChI=1S/C29H37N3O3/c1-4-26-19(2)27(35-29(34)20(26)3)18-31-28(33)24(17-30)15-21-8-9-23-16-25(11-10-22(23)14-21)32-12-6-5-7-13-32/h8-11,14-16,19-20,26-27,29,34H,4-7,12-13,18H2,1-3H3,(H,31,33)/b24-15+/t19?,20?,26?,27-,29?/m1/s1. The Morgan fingerprint density at radius 1 is 1.14 bits per heavy atom. The van der Waals surface area contributed by atoms with Gasteiger partial charge in [-0.05, 0) is 71.7 Å². The van der Waals surface area contributed by atoms with E-state index in [1.165, 1.54) is 24.9 Å². The zero-order valence-corrected chi connectivity index (χ0v) is 21.0. The Balaban J connectivity index is 1.44. The first kappa shape index (κ1) is 25.2. The van der Waals surface area contributed by atoms with E-state index in [4.69, 9.17) is 4.74 Å². The van der Waals surface area contributed by atoms with Gasteiger partial charge >= 0.3 is 0 Å². The maximum absolute atomic E-state index is 12.8. The molecule has 0 saturated carbocycles. The molecule has 4 rings (SSSR count). The topological polar surface area (TPSA) is 85.6 Å². The summed E-state index contributed by atoms with van der Waals surface area (Å²) in [6.07, 6.45) is 5.24. The van der Waals surface area contributed by atoms with Gasteiger partial charge in [0.1, 0.15) is 11.6 Å². The van der Waals surface area contributed by atoms with Crippen LogP contribution in [0.1, 0.15) is 52.0 Å². The zero-order valence-electron chi connectivity index (χ0n) is 21.0. The highest BCUT2D eigenvalue weighted by molar-refractivity contribution is 6.02. The Kier molecular flexibility index (Phi) is 8.10. The number of aliphatic hydroxyl groups is 1. The number of ether oxygens (including phenoxy) is 1. The minimum Gasteiger partial charge on any atom is -0.372 e. The number of anilines is 1. The highest BCUT2D eigenvalue weighted by atomic mass is 16.6. The number of rotatable bonds is 6. The van der Waals surface area contributed by atoms with E-state index in [0.717, 1.165) is 35.8 Å². The van der Waals surface area contributed by atoms with Crippen LogP contribution in [0, 0.1) is 29.1 Å². The predicted molar refractivity (Wildman–Crippen MR) is 140 cm³/mol. The first-order valence-electron chi connectivity index (χ1n) is 12.9. The molecule has 35 heavy (non-hydrogen) atoms. The van der Waals surface area contributed by atoms with E-state index < -0.39 is 12.2 Å². The van der Waals surface area contributed by atoms with Crippen LogP contribution >= 0.6 is 0 Å². The number of carbonyl (C=O) groups excluding carboxylic acids is 1. The van der Waals surface area contributed by atoms with Crippen LogP contribution in [-0.4, -0.2) is 43.0 Å². The number of amides is 1. The summed E-state index contributed by atoms with van der Waals surface area (Å²) in [5.74, 6) is 0.147. The molecule has 0 spiro atoms. The van der Waals surface area contributed by atoms with Crippen molar-refractivity contribution >= 4 is 28.4 Å². The highest BCUT2D eigenvalue weighted by Gasteiger charge is 2.39. The molecule has 0 aliphatic carbocycles. The third kappa shape index (κ3) is 5.69. The molecular formula is C29H37N3O3. The summed E-state index contributed by atoms with van der Waals surface area (Å²) < 4.78 is 5.76. The lowest BCUT2D eigenvalue weighted by Gasteiger charge is -2.42. The van der Waals surface area contributed by atoms with Crippen molar-refractivity contribution in [3.63, 3.8) is 0 Å². The summed E-state index contributed by atoms with van der Waals surface area (Å²) >= 11 is 0. The summed E-state index contributed by atoms with van der Waals surface area (Å²) in [6, 6.07) is 14.5. The fourth-order valence-electron chi connectivity index (χ4n) is 5.66. The third-order valence-electron chi connectivity index (χ3n) is 7.88. The molecule has 2 aliphatic rings. The third-order valence-corrected chi connectivity index (χ3v) is 7.88. The van der Waals surface area contributed by atoms with Crippen LogP contribution in [0.2, 0.25) is 0 Å². The quantitative estimate of drug-likeness (QED) is 0.460. The molecule has 5 atom stereocenters. The average molecular weight is 476 g/mol. The molecule has 6 nitrogen and oxygen atoms in total. The Hall–Kier alpha value is -2.88. The fraction of sp³-hybridized carbons (Fsp3) is 0.517. The van der Waals surface area contributed by atoms with Gasteiger partial charge in [-0.3, -0.25) is 4.79 Å². The van der Waals surface area contributed by atoms with E-state index >= 15 is 0 Å². The van der Waals surface area contributed by atoms with Gasteiger partial charge in [0.15, 0.2) is 6.29 Å².